The fourth-order valence-electron chi connectivity index (χ4n) is 5.76. The van der Waals surface area contributed by atoms with Gasteiger partial charge >= 0.3 is 0 Å². The van der Waals surface area contributed by atoms with Crippen molar-refractivity contribution in [2.75, 3.05) is 31.1 Å². The summed E-state index contributed by atoms with van der Waals surface area (Å²) in [6, 6.07) is 14.2. The van der Waals surface area contributed by atoms with Gasteiger partial charge in [-0.05, 0) is 62.4 Å². The first-order chi connectivity index (χ1) is 20.5. The van der Waals surface area contributed by atoms with Gasteiger partial charge in [0.25, 0.3) is 11.8 Å². The summed E-state index contributed by atoms with van der Waals surface area (Å²) in [5.41, 5.74) is 0.889. The number of rotatable bonds is 9. The number of anilines is 1. The van der Waals surface area contributed by atoms with Crippen molar-refractivity contribution < 1.29 is 14.7 Å². The van der Waals surface area contributed by atoms with Gasteiger partial charge in [0, 0.05) is 38.8 Å². The molecule has 11 heteroatoms. The average molecular weight is 584 g/mol. The molecular formula is C31H33N7O3S. The van der Waals surface area contributed by atoms with E-state index in [0.717, 1.165) is 80.7 Å². The van der Waals surface area contributed by atoms with Crippen LogP contribution in [0.1, 0.15) is 69.3 Å². The molecule has 0 bridgehead atoms. The first kappa shape index (κ1) is 27.7. The molecule has 1 aliphatic heterocycles. The number of hydrogen-bond donors (Lipinski definition) is 3. The minimum absolute atomic E-state index is 0.0179. The van der Waals surface area contributed by atoms with Crippen LogP contribution in [0.5, 0.6) is 5.75 Å². The lowest BCUT2D eigenvalue weighted by molar-refractivity contribution is 0.0674. The number of aryl methyl sites for hydroxylation is 1. The van der Waals surface area contributed by atoms with E-state index >= 15 is 0 Å². The minimum Gasteiger partial charge on any atom is -0.507 e. The SMILES string of the molecule is N#Cc1ccc(C(=O)N2CCCN(c3nc(CCCCCNC(=O)c4ccccc4O)nc4[nH]ccc34)CC23CC3)s1. The Hall–Kier alpha value is -4.43. The van der Waals surface area contributed by atoms with Crippen LogP contribution in [0.25, 0.3) is 11.0 Å². The van der Waals surface area contributed by atoms with Gasteiger partial charge in [-0.15, -0.1) is 11.3 Å². The van der Waals surface area contributed by atoms with Crippen LogP contribution in [0.15, 0.2) is 48.7 Å². The number of nitrogens with one attached hydrogen (secondary N) is 2. The van der Waals surface area contributed by atoms with Crippen LogP contribution in [0.3, 0.4) is 0 Å². The predicted octanol–water partition coefficient (Wildman–Crippen LogP) is 4.62. The fourth-order valence-corrected chi connectivity index (χ4v) is 6.52. The molecule has 42 heavy (non-hydrogen) atoms. The molecular weight excluding hydrogens is 550 g/mol. The summed E-state index contributed by atoms with van der Waals surface area (Å²) in [4.78, 5) is 44.4. The number of hydrogen-bond acceptors (Lipinski definition) is 8. The number of aromatic nitrogens is 3. The molecule has 1 saturated heterocycles. The van der Waals surface area contributed by atoms with Crippen LogP contribution in [0, 0.1) is 11.3 Å². The van der Waals surface area contributed by atoms with Crippen LogP contribution >= 0.6 is 11.3 Å². The van der Waals surface area contributed by atoms with Crippen LogP contribution in [0.4, 0.5) is 5.82 Å². The Morgan fingerprint density at radius 1 is 1.10 bits per heavy atom. The van der Waals surface area contributed by atoms with Gasteiger partial charge in [0.15, 0.2) is 0 Å². The number of fused-ring (bicyclic) bond motifs is 1. The number of benzene rings is 1. The van der Waals surface area contributed by atoms with Crippen molar-refractivity contribution in [1.82, 2.24) is 25.2 Å². The van der Waals surface area contributed by atoms with Gasteiger partial charge in [-0.1, -0.05) is 18.6 Å². The van der Waals surface area contributed by atoms with Crippen molar-refractivity contribution >= 4 is 40.0 Å². The Kier molecular flexibility index (Phi) is 7.80. The van der Waals surface area contributed by atoms with Crippen molar-refractivity contribution in [2.24, 2.45) is 0 Å². The number of unbranched alkanes of at least 4 members (excludes halogenated alkanes) is 2. The maximum atomic E-state index is 13.5. The molecule has 1 saturated carbocycles. The molecule has 6 rings (SSSR count). The smallest absolute Gasteiger partial charge is 0.264 e. The third kappa shape index (κ3) is 5.67. The molecule has 10 nitrogen and oxygen atoms in total. The number of amides is 2. The van der Waals surface area contributed by atoms with Gasteiger partial charge in [-0.3, -0.25) is 9.59 Å². The zero-order chi connectivity index (χ0) is 29.1. The monoisotopic (exact) mass is 583 g/mol. The molecule has 216 valence electrons. The Balaban J connectivity index is 1.09. The van der Waals surface area contributed by atoms with Crippen LogP contribution in [0.2, 0.25) is 0 Å². The van der Waals surface area contributed by atoms with E-state index in [1.807, 2.05) is 17.2 Å². The molecule has 1 aromatic carbocycles. The van der Waals surface area contributed by atoms with E-state index in [0.29, 0.717) is 22.8 Å². The molecule has 3 N–H and O–H groups in total. The second-order valence-electron chi connectivity index (χ2n) is 11.0. The first-order valence-corrected chi connectivity index (χ1v) is 15.3. The standard InChI is InChI=1S/C31H33N7O3S/c32-19-21-10-11-25(42-21)30(41)38-18-6-17-37(20-31(38)13-14-31)28-23-12-16-33-27(23)35-26(36-28)9-2-1-5-15-34-29(40)22-7-3-4-8-24(22)39/h3-4,7-8,10-12,16,39H,1-2,5-6,9,13-15,17-18,20H2,(H,34,40)(H,33,35,36). The highest BCUT2D eigenvalue weighted by molar-refractivity contribution is 7.14. The number of phenols is 1. The summed E-state index contributed by atoms with van der Waals surface area (Å²) in [5, 5.41) is 22.9. The Morgan fingerprint density at radius 2 is 1.95 bits per heavy atom. The molecule has 0 unspecified atom stereocenters. The maximum Gasteiger partial charge on any atom is 0.264 e. The van der Waals surface area contributed by atoms with Gasteiger partial charge in [-0.2, -0.15) is 5.26 Å². The number of phenolic OH excluding ortho intramolecular Hbond substituents is 1. The number of carbonyl (C=O) groups excluding carboxylic acids is 2. The second-order valence-corrected chi connectivity index (χ2v) is 12.1. The van der Waals surface area contributed by atoms with Crippen molar-refractivity contribution in [3.05, 3.63) is 69.8 Å². The number of nitrogens with zero attached hydrogens (tertiary/aromatic N) is 5. The average Bonchev–Trinajstić information content (AvgIpc) is 3.41. The quantitative estimate of drug-likeness (QED) is 0.244. The van der Waals surface area contributed by atoms with Crippen LogP contribution in [-0.4, -0.2) is 68.5 Å². The van der Waals surface area contributed by atoms with Gasteiger partial charge < -0.3 is 25.2 Å². The molecule has 4 aromatic rings. The van der Waals surface area contributed by atoms with E-state index in [2.05, 4.69) is 21.3 Å². The number of nitriles is 1. The number of aromatic amines is 1. The Morgan fingerprint density at radius 3 is 2.74 bits per heavy atom. The van der Waals surface area contributed by atoms with E-state index in [1.54, 1.807) is 30.3 Å². The predicted molar refractivity (Wildman–Crippen MR) is 161 cm³/mol. The van der Waals surface area contributed by atoms with Crippen molar-refractivity contribution in [1.29, 1.82) is 5.26 Å². The Bertz CT molecular complexity index is 1650. The highest BCUT2D eigenvalue weighted by atomic mass is 32.1. The van der Waals surface area contributed by atoms with Crippen molar-refractivity contribution in [3.8, 4) is 11.8 Å². The molecule has 2 aliphatic rings. The lowest BCUT2D eigenvalue weighted by Crippen LogP contribution is -2.46. The first-order valence-electron chi connectivity index (χ1n) is 14.4. The number of carbonyl (C=O) groups is 2. The summed E-state index contributed by atoms with van der Waals surface area (Å²) >= 11 is 1.26. The highest BCUT2D eigenvalue weighted by Gasteiger charge is 2.52. The van der Waals surface area contributed by atoms with Gasteiger partial charge in [0.05, 0.1) is 21.4 Å². The fraction of sp³-hybridized carbons (Fsp3) is 0.387. The zero-order valence-electron chi connectivity index (χ0n) is 23.3. The van der Waals surface area contributed by atoms with Crippen molar-refractivity contribution in [3.63, 3.8) is 0 Å². The normalized spacial score (nSPS) is 15.9. The number of thiophene rings is 1. The van der Waals surface area contributed by atoms with Gasteiger partial charge in [-0.25, -0.2) is 9.97 Å². The number of para-hydroxylation sites is 1. The second kappa shape index (κ2) is 11.8. The minimum atomic E-state index is -0.272. The van der Waals surface area contributed by atoms with Crippen LogP contribution < -0.4 is 10.2 Å². The van der Waals surface area contributed by atoms with E-state index < -0.39 is 0 Å². The van der Waals surface area contributed by atoms with E-state index in [-0.39, 0.29) is 28.7 Å². The molecule has 3 aromatic heterocycles. The molecule has 0 atom stereocenters. The molecule has 2 fully saturated rings. The third-order valence-electron chi connectivity index (χ3n) is 8.12. The molecule has 4 heterocycles. The highest BCUT2D eigenvalue weighted by Crippen LogP contribution is 2.46. The lowest BCUT2D eigenvalue weighted by atomic mass is 10.1. The summed E-state index contributed by atoms with van der Waals surface area (Å²) in [6.07, 6.45) is 7.97. The lowest BCUT2D eigenvalue weighted by Gasteiger charge is -2.32. The Labute approximate surface area is 248 Å². The molecule has 0 radical (unpaired) electrons. The number of aromatic hydroxyl groups is 1. The topological polar surface area (TPSA) is 138 Å². The van der Waals surface area contributed by atoms with Gasteiger partial charge in [0.2, 0.25) is 0 Å². The van der Waals surface area contributed by atoms with Crippen molar-refractivity contribution in [2.45, 2.75) is 50.5 Å². The van der Waals surface area contributed by atoms with Gasteiger partial charge in [0.1, 0.15) is 34.0 Å². The van der Waals surface area contributed by atoms with Crippen LogP contribution in [-0.2, 0) is 6.42 Å². The number of H-pyrrole nitrogens is 1. The summed E-state index contributed by atoms with van der Waals surface area (Å²) in [7, 11) is 0. The largest absolute Gasteiger partial charge is 0.507 e. The maximum absolute atomic E-state index is 13.5. The molecule has 2 amide bonds. The van der Waals surface area contributed by atoms with E-state index in [4.69, 9.17) is 9.97 Å². The summed E-state index contributed by atoms with van der Waals surface area (Å²) < 4.78 is 0. The summed E-state index contributed by atoms with van der Waals surface area (Å²) in [5.74, 6) is 1.42. The molecule has 1 spiro atoms. The summed E-state index contributed by atoms with van der Waals surface area (Å²) in [6.45, 7) is 2.74. The van der Waals surface area contributed by atoms with E-state index in [1.165, 1.54) is 17.4 Å². The molecule has 1 aliphatic carbocycles. The van der Waals surface area contributed by atoms with E-state index in [9.17, 15) is 20.0 Å². The zero-order valence-corrected chi connectivity index (χ0v) is 24.1. The third-order valence-corrected chi connectivity index (χ3v) is 9.10.